The first-order valence-corrected chi connectivity index (χ1v) is 8.86. The zero-order valence-corrected chi connectivity index (χ0v) is 16.3. The van der Waals surface area contributed by atoms with Crippen LogP contribution in [0.4, 0.5) is 0 Å². The summed E-state index contributed by atoms with van der Waals surface area (Å²) in [6.07, 6.45) is 0. The van der Waals surface area contributed by atoms with E-state index in [-0.39, 0.29) is 18.3 Å². The predicted octanol–water partition coefficient (Wildman–Crippen LogP) is 2.98. The predicted molar refractivity (Wildman–Crippen MR) is 109 cm³/mol. The fourth-order valence-electron chi connectivity index (χ4n) is 3.73. The first-order valence-electron chi connectivity index (χ1n) is 8.86. The van der Waals surface area contributed by atoms with E-state index < -0.39 is 0 Å². The van der Waals surface area contributed by atoms with Gasteiger partial charge in [0.2, 0.25) is 0 Å². The van der Waals surface area contributed by atoms with Crippen molar-refractivity contribution in [1.82, 2.24) is 9.80 Å². The number of halogens is 1. The maximum absolute atomic E-state index is 12.2. The maximum atomic E-state index is 12.2. The minimum atomic E-state index is 0. The minimum Gasteiger partial charge on any atom is -0.345 e. The molecule has 4 nitrogen and oxygen atoms in total. The molecule has 3 rings (SSSR count). The van der Waals surface area contributed by atoms with Crippen molar-refractivity contribution in [3.05, 3.63) is 71.3 Å². The molecule has 1 aliphatic rings. The molecule has 0 radical (unpaired) electrons. The second-order valence-corrected chi connectivity index (χ2v) is 7.11. The summed E-state index contributed by atoms with van der Waals surface area (Å²) in [4.78, 5) is 16.2. The summed E-state index contributed by atoms with van der Waals surface area (Å²) >= 11 is 0. The highest BCUT2D eigenvalue weighted by molar-refractivity contribution is 5.94. The maximum Gasteiger partial charge on any atom is 0.253 e. The zero-order valence-electron chi connectivity index (χ0n) is 15.5. The molecule has 0 aliphatic carbocycles. The second-order valence-electron chi connectivity index (χ2n) is 7.11. The highest BCUT2D eigenvalue weighted by atomic mass is 35.5. The number of rotatable bonds is 5. The lowest BCUT2D eigenvalue weighted by Crippen LogP contribution is -2.24. The molecule has 26 heavy (non-hydrogen) atoms. The molecule has 2 atom stereocenters. The van der Waals surface area contributed by atoms with Gasteiger partial charge in [0, 0.05) is 45.2 Å². The van der Waals surface area contributed by atoms with Gasteiger partial charge in [-0.3, -0.25) is 9.69 Å². The molecule has 5 heteroatoms. The minimum absolute atomic E-state index is 0. The number of amides is 1. The molecule has 1 saturated heterocycles. The average Bonchev–Trinajstić information content (AvgIpc) is 3.04. The Morgan fingerprint density at radius 2 is 1.85 bits per heavy atom. The lowest BCUT2D eigenvalue weighted by atomic mass is 9.89. The van der Waals surface area contributed by atoms with Crippen LogP contribution in [0.2, 0.25) is 0 Å². The molecule has 1 aliphatic heterocycles. The zero-order chi connectivity index (χ0) is 17.8. The summed E-state index contributed by atoms with van der Waals surface area (Å²) in [5, 5.41) is 0. The molecule has 0 bridgehead atoms. The van der Waals surface area contributed by atoms with Gasteiger partial charge in [-0.25, -0.2) is 0 Å². The van der Waals surface area contributed by atoms with Crippen molar-refractivity contribution in [3.63, 3.8) is 0 Å². The summed E-state index contributed by atoms with van der Waals surface area (Å²) in [5.74, 6) is 1.01. The highest BCUT2D eigenvalue weighted by Crippen LogP contribution is 2.32. The van der Waals surface area contributed by atoms with E-state index in [0.717, 1.165) is 25.2 Å². The van der Waals surface area contributed by atoms with Gasteiger partial charge in [0.15, 0.2) is 0 Å². The van der Waals surface area contributed by atoms with Gasteiger partial charge in [-0.1, -0.05) is 42.5 Å². The Balaban J connectivity index is 0.00000243. The van der Waals surface area contributed by atoms with Crippen LogP contribution in [0.3, 0.4) is 0 Å². The fourth-order valence-corrected chi connectivity index (χ4v) is 3.73. The van der Waals surface area contributed by atoms with Gasteiger partial charge in [-0.05, 0) is 35.7 Å². The number of likely N-dealkylation sites (tertiary alicyclic amines) is 1. The normalized spacial score (nSPS) is 19.8. The van der Waals surface area contributed by atoms with Gasteiger partial charge in [0.1, 0.15) is 0 Å². The van der Waals surface area contributed by atoms with Crippen LogP contribution in [-0.4, -0.2) is 49.4 Å². The Bertz CT molecular complexity index is 720. The molecule has 0 aromatic heterocycles. The van der Waals surface area contributed by atoms with Crippen molar-refractivity contribution >= 4 is 18.3 Å². The monoisotopic (exact) mass is 373 g/mol. The van der Waals surface area contributed by atoms with E-state index in [4.69, 9.17) is 5.73 Å². The molecule has 0 spiro atoms. The van der Waals surface area contributed by atoms with E-state index in [1.807, 2.05) is 18.2 Å². The van der Waals surface area contributed by atoms with E-state index >= 15 is 0 Å². The fraction of sp³-hybridized carbons (Fsp3) is 0.381. The van der Waals surface area contributed by atoms with E-state index in [0.29, 0.717) is 18.4 Å². The molecule has 2 aromatic carbocycles. The molecule has 2 N–H and O–H groups in total. The van der Waals surface area contributed by atoms with E-state index in [1.54, 1.807) is 19.0 Å². The van der Waals surface area contributed by atoms with Crippen molar-refractivity contribution in [2.75, 3.05) is 33.7 Å². The van der Waals surface area contributed by atoms with Crippen LogP contribution in [0.1, 0.15) is 27.4 Å². The number of nitrogens with zero attached hydrogens (tertiary/aromatic N) is 2. The topological polar surface area (TPSA) is 49.6 Å². The van der Waals surface area contributed by atoms with Crippen LogP contribution >= 0.6 is 12.4 Å². The lowest BCUT2D eigenvalue weighted by molar-refractivity contribution is 0.0827. The van der Waals surface area contributed by atoms with Crippen LogP contribution in [0.15, 0.2) is 54.6 Å². The molecule has 0 saturated carbocycles. The summed E-state index contributed by atoms with van der Waals surface area (Å²) in [6, 6.07) is 18.6. The van der Waals surface area contributed by atoms with Crippen LogP contribution in [0.5, 0.6) is 0 Å². The SMILES string of the molecule is CN(C)C(=O)c1cccc(CN2C[C@@H](CN)[C@H](c3ccccc3)C2)c1.Cl. The molecule has 2 aromatic rings. The Morgan fingerprint density at radius 1 is 1.12 bits per heavy atom. The number of carbonyl (C=O) groups excluding carboxylic acids is 1. The second kappa shape index (κ2) is 9.17. The molecule has 0 unspecified atom stereocenters. The lowest BCUT2D eigenvalue weighted by Gasteiger charge is -2.17. The van der Waals surface area contributed by atoms with Crippen LogP contribution in [0, 0.1) is 5.92 Å². The molecule has 1 heterocycles. The summed E-state index contributed by atoms with van der Waals surface area (Å²) in [6.45, 7) is 3.57. The van der Waals surface area contributed by atoms with Crippen LogP contribution in [0.25, 0.3) is 0 Å². The third-order valence-electron chi connectivity index (χ3n) is 5.03. The Hall–Kier alpha value is -1.88. The van der Waals surface area contributed by atoms with Gasteiger partial charge in [0.25, 0.3) is 5.91 Å². The molecule has 1 fully saturated rings. The first-order chi connectivity index (χ1) is 12.1. The molecule has 1 amide bonds. The Kier molecular flexibility index (Phi) is 7.21. The summed E-state index contributed by atoms with van der Waals surface area (Å²) < 4.78 is 0. The summed E-state index contributed by atoms with van der Waals surface area (Å²) in [5.41, 5.74) is 9.33. The highest BCUT2D eigenvalue weighted by Gasteiger charge is 2.32. The number of nitrogens with two attached hydrogens (primary N) is 1. The number of carbonyl (C=O) groups is 1. The Morgan fingerprint density at radius 3 is 2.50 bits per heavy atom. The summed E-state index contributed by atoms with van der Waals surface area (Å²) in [7, 11) is 3.57. The Labute approximate surface area is 162 Å². The quantitative estimate of drug-likeness (QED) is 0.876. The van der Waals surface area contributed by atoms with Gasteiger partial charge < -0.3 is 10.6 Å². The molecular weight excluding hydrogens is 346 g/mol. The van der Waals surface area contributed by atoms with E-state index in [2.05, 4.69) is 41.3 Å². The number of hydrogen-bond donors (Lipinski definition) is 1. The van der Waals surface area contributed by atoms with Gasteiger partial charge in [-0.15, -0.1) is 12.4 Å². The van der Waals surface area contributed by atoms with Crippen molar-refractivity contribution in [2.45, 2.75) is 12.5 Å². The van der Waals surface area contributed by atoms with Crippen LogP contribution < -0.4 is 5.73 Å². The number of hydrogen-bond acceptors (Lipinski definition) is 3. The number of benzene rings is 2. The average molecular weight is 374 g/mol. The van der Waals surface area contributed by atoms with Crippen molar-refractivity contribution in [3.8, 4) is 0 Å². The third kappa shape index (κ3) is 4.64. The smallest absolute Gasteiger partial charge is 0.253 e. The van der Waals surface area contributed by atoms with Gasteiger partial charge in [-0.2, -0.15) is 0 Å². The van der Waals surface area contributed by atoms with Crippen molar-refractivity contribution < 1.29 is 4.79 Å². The van der Waals surface area contributed by atoms with Gasteiger partial charge >= 0.3 is 0 Å². The van der Waals surface area contributed by atoms with Crippen LogP contribution in [-0.2, 0) is 6.54 Å². The van der Waals surface area contributed by atoms with Crippen molar-refractivity contribution in [1.29, 1.82) is 0 Å². The third-order valence-corrected chi connectivity index (χ3v) is 5.03. The molecule has 140 valence electrons. The van der Waals surface area contributed by atoms with E-state index in [1.165, 1.54) is 11.1 Å². The van der Waals surface area contributed by atoms with Gasteiger partial charge in [0.05, 0.1) is 0 Å². The molecular formula is C21H28ClN3O. The van der Waals surface area contributed by atoms with Crippen molar-refractivity contribution in [2.24, 2.45) is 11.7 Å². The van der Waals surface area contributed by atoms with E-state index in [9.17, 15) is 4.79 Å². The standard InChI is InChI=1S/C21H27N3O.ClH/c1-23(2)21(25)18-10-6-7-16(11-18)13-24-14-19(12-22)20(15-24)17-8-4-3-5-9-17;/h3-11,19-20H,12-15,22H2,1-2H3;1H/t19-,20+;/m1./s1. The first kappa shape index (κ1) is 20.4. The largest absolute Gasteiger partial charge is 0.345 e.